The molecule has 0 spiro atoms. The van der Waals surface area contributed by atoms with Gasteiger partial charge in [-0.05, 0) is 42.5 Å². The highest BCUT2D eigenvalue weighted by atomic mass is 16.5. The number of nitrogens with one attached hydrogen (secondary N) is 2. The second-order valence-electron chi connectivity index (χ2n) is 6.32. The summed E-state index contributed by atoms with van der Waals surface area (Å²) >= 11 is 0. The van der Waals surface area contributed by atoms with E-state index < -0.39 is 0 Å². The quantitative estimate of drug-likeness (QED) is 0.557. The number of carbonyl (C=O) groups excluding carboxylic acids is 1. The minimum absolute atomic E-state index is 0.0903. The summed E-state index contributed by atoms with van der Waals surface area (Å²) in [5.74, 6) is 0.400. The van der Waals surface area contributed by atoms with E-state index in [0.717, 1.165) is 5.52 Å². The van der Waals surface area contributed by atoms with Gasteiger partial charge in [-0.1, -0.05) is 30.3 Å². The van der Waals surface area contributed by atoms with Crippen LogP contribution in [0.15, 0.2) is 83.7 Å². The van der Waals surface area contributed by atoms with Gasteiger partial charge in [0, 0.05) is 28.1 Å². The summed E-state index contributed by atoms with van der Waals surface area (Å²) in [5.41, 5.74) is 3.05. The maximum Gasteiger partial charge on any atom is 0.255 e. The molecule has 2 N–H and O–H groups in total. The van der Waals surface area contributed by atoms with Gasteiger partial charge in [-0.25, -0.2) is 0 Å². The number of carbonyl (C=O) groups is 1. The fraction of sp³-hybridized carbons (Fsp3) is 0.0435. The summed E-state index contributed by atoms with van der Waals surface area (Å²) in [5, 5.41) is 3.54. The lowest BCUT2D eigenvalue weighted by atomic mass is 10.1. The number of pyridine rings is 1. The van der Waals surface area contributed by atoms with E-state index in [1.807, 2.05) is 36.4 Å². The first kappa shape index (κ1) is 17.5. The van der Waals surface area contributed by atoms with Crippen LogP contribution in [0.1, 0.15) is 10.4 Å². The van der Waals surface area contributed by atoms with Crippen LogP contribution >= 0.6 is 0 Å². The monoisotopic (exact) mass is 370 g/mol. The standard InChI is InChI=1S/C23H18N2O3/c1-28-16-11-12-20(25-23(27)15-7-3-2-4-8-15)18(13-16)21-14-22(26)17-9-5-6-10-19(17)24-21/h2-14H,1H3,(H,24,26)(H,25,27). The third-order valence-corrected chi connectivity index (χ3v) is 4.54. The lowest BCUT2D eigenvalue weighted by molar-refractivity contribution is 0.102. The van der Waals surface area contributed by atoms with Crippen molar-refractivity contribution in [1.82, 2.24) is 4.98 Å². The van der Waals surface area contributed by atoms with Crippen molar-refractivity contribution in [1.29, 1.82) is 0 Å². The number of benzene rings is 3. The van der Waals surface area contributed by atoms with Crippen molar-refractivity contribution in [3.8, 4) is 17.0 Å². The number of H-pyrrole nitrogens is 1. The average Bonchev–Trinajstić information content (AvgIpc) is 2.74. The summed E-state index contributed by atoms with van der Waals surface area (Å²) in [6, 6.07) is 23.2. The fourth-order valence-electron chi connectivity index (χ4n) is 3.11. The SMILES string of the molecule is COc1ccc(NC(=O)c2ccccc2)c(-c2cc(=O)c3ccccc3[nH]2)c1. The first-order chi connectivity index (χ1) is 13.7. The minimum Gasteiger partial charge on any atom is -0.497 e. The zero-order valence-electron chi connectivity index (χ0n) is 15.2. The fourth-order valence-corrected chi connectivity index (χ4v) is 3.11. The van der Waals surface area contributed by atoms with Crippen LogP contribution in [0.3, 0.4) is 0 Å². The van der Waals surface area contributed by atoms with Gasteiger partial charge in [-0.15, -0.1) is 0 Å². The van der Waals surface area contributed by atoms with Crippen LogP contribution in [-0.4, -0.2) is 18.0 Å². The predicted octanol–water partition coefficient (Wildman–Crippen LogP) is 4.46. The van der Waals surface area contributed by atoms with E-state index >= 15 is 0 Å². The van der Waals surface area contributed by atoms with E-state index in [2.05, 4.69) is 10.3 Å². The van der Waals surface area contributed by atoms with Gasteiger partial charge < -0.3 is 15.0 Å². The molecule has 0 fully saturated rings. The number of para-hydroxylation sites is 1. The lowest BCUT2D eigenvalue weighted by Crippen LogP contribution is -2.13. The number of anilines is 1. The smallest absolute Gasteiger partial charge is 0.255 e. The molecule has 0 bridgehead atoms. The molecule has 0 aliphatic rings. The van der Waals surface area contributed by atoms with E-state index in [-0.39, 0.29) is 11.3 Å². The Hall–Kier alpha value is -3.86. The minimum atomic E-state index is -0.227. The second-order valence-corrected chi connectivity index (χ2v) is 6.32. The molecule has 5 heteroatoms. The third kappa shape index (κ3) is 3.38. The Morgan fingerprint density at radius 3 is 2.46 bits per heavy atom. The van der Waals surface area contributed by atoms with Gasteiger partial charge in [0.15, 0.2) is 5.43 Å². The highest BCUT2D eigenvalue weighted by Crippen LogP contribution is 2.31. The number of aromatic amines is 1. The third-order valence-electron chi connectivity index (χ3n) is 4.54. The van der Waals surface area contributed by atoms with E-state index in [4.69, 9.17) is 4.74 Å². The van der Waals surface area contributed by atoms with Crippen LogP contribution in [0.25, 0.3) is 22.2 Å². The summed E-state index contributed by atoms with van der Waals surface area (Å²) < 4.78 is 5.33. The van der Waals surface area contributed by atoms with Crippen molar-refractivity contribution in [2.45, 2.75) is 0 Å². The summed E-state index contributed by atoms with van der Waals surface area (Å²) in [7, 11) is 1.57. The number of aromatic nitrogens is 1. The molecule has 3 aromatic carbocycles. The Labute approximate surface area is 161 Å². The van der Waals surface area contributed by atoms with Gasteiger partial charge in [0.1, 0.15) is 5.75 Å². The lowest BCUT2D eigenvalue weighted by Gasteiger charge is -2.14. The molecule has 0 aliphatic heterocycles. The molecule has 138 valence electrons. The maximum absolute atomic E-state index is 12.6. The van der Waals surface area contributed by atoms with Crippen LogP contribution < -0.4 is 15.5 Å². The average molecular weight is 370 g/mol. The van der Waals surface area contributed by atoms with Gasteiger partial charge in [0.2, 0.25) is 0 Å². The molecule has 5 nitrogen and oxygen atoms in total. The van der Waals surface area contributed by atoms with Gasteiger partial charge >= 0.3 is 0 Å². The Bertz CT molecular complexity index is 1210. The first-order valence-electron chi connectivity index (χ1n) is 8.82. The van der Waals surface area contributed by atoms with Crippen molar-refractivity contribution in [3.05, 3.63) is 94.6 Å². The number of hydrogen-bond acceptors (Lipinski definition) is 3. The Kier molecular flexibility index (Phi) is 4.64. The van der Waals surface area contributed by atoms with E-state index in [9.17, 15) is 9.59 Å². The largest absolute Gasteiger partial charge is 0.497 e. The highest BCUT2D eigenvalue weighted by molar-refractivity contribution is 6.06. The van der Waals surface area contributed by atoms with Crippen molar-refractivity contribution in [2.24, 2.45) is 0 Å². The first-order valence-corrected chi connectivity index (χ1v) is 8.82. The highest BCUT2D eigenvalue weighted by Gasteiger charge is 2.13. The topological polar surface area (TPSA) is 71.2 Å². The summed E-state index contributed by atoms with van der Waals surface area (Å²) in [6.07, 6.45) is 0. The second kappa shape index (κ2) is 7.40. The number of methoxy groups -OCH3 is 1. The number of rotatable bonds is 4. The Balaban J connectivity index is 1.82. The molecule has 4 rings (SSSR count). The van der Waals surface area contributed by atoms with E-state index in [0.29, 0.717) is 33.6 Å². The van der Waals surface area contributed by atoms with Crippen LogP contribution in [0, 0.1) is 0 Å². The summed E-state index contributed by atoms with van der Waals surface area (Å²) in [6.45, 7) is 0. The van der Waals surface area contributed by atoms with Gasteiger partial charge in [-0.3, -0.25) is 9.59 Å². The predicted molar refractivity (Wildman–Crippen MR) is 111 cm³/mol. The molecule has 28 heavy (non-hydrogen) atoms. The normalized spacial score (nSPS) is 10.6. The Morgan fingerprint density at radius 2 is 1.68 bits per heavy atom. The molecule has 4 aromatic rings. The van der Waals surface area contributed by atoms with Gasteiger partial charge in [0.05, 0.1) is 18.5 Å². The molecule has 0 saturated carbocycles. The molecule has 0 radical (unpaired) electrons. The summed E-state index contributed by atoms with van der Waals surface area (Å²) in [4.78, 5) is 28.4. The maximum atomic E-state index is 12.6. The molecular formula is C23H18N2O3. The molecule has 0 atom stereocenters. The van der Waals surface area contributed by atoms with E-state index in [1.54, 1.807) is 43.5 Å². The van der Waals surface area contributed by atoms with Crippen molar-refractivity contribution < 1.29 is 9.53 Å². The van der Waals surface area contributed by atoms with Crippen molar-refractivity contribution >= 4 is 22.5 Å². The number of amides is 1. The molecule has 0 saturated heterocycles. The molecular weight excluding hydrogens is 352 g/mol. The van der Waals surface area contributed by atoms with Crippen LogP contribution in [0.4, 0.5) is 5.69 Å². The number of hydrogen-bond donors (Lipinski definition) is 2. The van der Waals surface area contributed by atoms with Crippen molar-refractivity contribution in [2.75, 3.05) is 12.4 Å². The molecule has 0 aliphatic carbocycles. The molecule has 1 heterocycles. The van der Waals surface area contributed by atoms with Gasteiger partial charge in [0.25, 0.3) is 5.91 Å². The van der Waals surface area contributed by atoms with Gasteiger partial charge in [-0.2, -0.15) is 0 Å². The zero-order chi connectivity index (χ0) is 19.5. The van der Waals surface area contributed by atoms with Crippen LogP contribution in [0.5, 0.6) is 5.75 Å². The Morgan fingerprint density at radius 1 is 0.929 bits per heavy atom. The van der Waals surface area contributed by atoms with Crippen molar-refractivity contribution in [3.63, 3.8) is 0 Å². The van der Waals surface area contributed by atoms with E-state index in [1.165, 1.54) is 6.07 Å². The molecule has 0 unspecified atom stereocenters. The number of fused-ring (bicyclic) bond motifs is 1. The molecule has 1 aromatic heterocycles. The molecule has 1 amide bonds. The number of ether oxygens (including phenoxy) is 1. The van der Waals surface area contributed by atoms with Crippen LogP contribution in [-0.2, 0) is 0 Å². The van der Waals surface area contributed by atoms with Crippen LogP contribution in [0.2, 0.25) is 0 Å². The zero-order valence-corrected chi connectivity index (χ0v) is 15.2.